The van der Waals surface area contributed by atoms with E-state index in [9.17, 15) is 14.7 Å². The molecule has 1 aromatic heterocycles. The predicted octanol–water partition coefficient (Wildman–Crippen LogP) is 2.63. The van der Waals surface area contributed by atoms with Crippen molar-refractivity contribution >= 4 is 11.9 Å². The monoisotopic (exact) mass is 365 g/mol. The van der Waals surface area contributed by atoms with Crippen LogP contribution in [-0.4, -0.2) is 26.8 Å². The molecule has 1 aromatic carbocycles. The van der Waals surface area contributed by atoms with Crippen molar-refractivity contribution in [3.63, 3.8) is 0 Å². The quantitative estimate of drug-likeness (QED) is 0.798. The van der Waals surface area contributed by atoms with Gasteiger partial charge in [-0.05, 0) is 44.2 Å². The third kappa shape index (κ3) is 2.95. The zero-order valence-corrected chi connectivity index (χ0v) is 15.4. The molecule has 2 aromatic rings. The molecule has 6 nitrogen and oxygen atoms in total. The number of rotatable bonds is 5. The van der Waals surface area contributed by atoms with Gasteiger partial charge in [0.05, 0.1) is 23.2 Å². The van der Waals surface area contributed by atoms with Crippen LogP contribution < -0.4 is 5.32 Å². The summed E-state index contributed by atoms with van der Waals surface area (Å²) < 4.78 is 1.87. The number of allylic oxidation sites excluding steroid dienone is 2. The van der Waals surface area contributed by atoms with E-state index in [-0.39, 0.29) is 17.7 Å². The van der Waals surface area contributed by atoms with Crippen molar-refractivity contribution in [2.24, 2.45) is 23.7 Å². The Morgan fingerprint density at radius 3 is 2.48 bits per heavy atom. The second kappa shape index (κ2) is 6.68. The number of para-hydroxylation sites is 1. The van der Waals surface area contributed by atoms with Crippen molar-refractivity contribution in [2.45, 2.75) is 26.8 Å². The van der Waals surface area contributed by atoms with Gasteiger partial charge in [0, 0.05) is 17.8 Å². The molecule has 1 heterocycles. The zero-order valence-electron chi connectivity index (χ0n) is 15.4. The molecule has 1 amide bonds. The van der Waals surface area contributed by atoms with Crippen molar-refractivity contribution in [2.75, 3.05) is 0 Å². The highest BCUT2D eigenvalue weighted by molar-refractivity contribution is 5.86. The van der Waals surface area contributed by atoms with Gasteiger partial charge in [-0.3, -0.25) is 9.59 Å². The number of carboxylic acids is 1. The minimum Gasteiger partial charge on any atom is -0.481 e. The Morgan fingerprint density at radius 1 is 1.15 bits per heavy atom. The summed E-state index contributed by atoms with van der Waals surface area (Å²) >= 11 is 0. The highest BCUT2D eigenvalue weighted by Crippen LogP contribution is 2.48. The normalized spacial score (nSPS) is 25.7. The summed E-state index contributed by atoms with van der Waals surface area (Å²) in [4.78, 5) is 24.4. The molecule has 6 heteroatoms. The summed E-state index contributed by atoms with van der Waals surface area (Å²) in [7, 11) is 0. The Morgan fingerprint density at radius 2 is 1.81 bits per heavy atom. The predicted molar refractivity (Wildman–Crippen MR) is 100 cm³/mol. The topological polar surface area (TPSA) is 84.2 Å². The maximum absolute atomic E-state index is 12.8. The lowest BCUT2D eigenvalue weighted by molar-refractivity contribution is -0.147. The van der Waals surface area contributed by atoms with Gasteiger partial charge in [-0.2, -0.15) is 5.10 Å². The van der Waals surface area contributed by atoms with E-state index >= 15 is 0 Å². The van der Waals surface area contributed by atoms with Gasteiger partial charge in [0.1, 0.15) is 0 Å². The van der Waals surface area contributed by atoms with Gasteiger partial charge in [0.2, 0.25) is 5.91 Å². The van der Waals surface area contributed by atoms with E-state index in [4.69, 9.17) is 0 Å². The fraction of sp³-hybridized carbons (Fsp3) is 0.381. The highest BCUT2D eigenvalue weighted by Gasteiger charge is 2.51. The van der Waals surface area contributed by atoms with Crippen molar-refractivity contribution in [1.82, 2.24) is 15.1 Å². The number of benzene rings is 1. The zero-order chi connectivity index (χ0) is 19.1. The van der Waals surface area contributed by atoms with Crippen LogP contribution in [-0.2, 0) is 16.1 Å². The van der Waals surface area contributed by atoms with Crippen molar-refractivity contribution in [1.29, 1.82) is 0 Å². The van der Waals surface area contributed by atoms with Crippen molar-refractivity contribution < 1.29 is 14.7 Å². The summed E-state index contributed by atoms with van der Waals surface area (Å²) in [6.45, 7) is 4.26. The number of aromatic nitrogens is 2. The van der Waals surface area contributed by atoms with Crippen LogP contribution in [0.3, 0.4) is 0 Å². The van der Waals surface area contributed by atoms with Crippen LogP contribution in [0.5, 0.6) is 0 Å². The summed E-state index contributed by atoms with van der Waals surface area (Å²) in [5.41, 5.74) is 3.78. The van der Waals surface area contributed by atoms with Gasteiger partial charge in [-0.15, -0.1) is 0 Å². The van der Waals surface area contributed by atoms with Gasteiger partial charge in [-0.25, -0.2) is 4.68 Å². The summed E-state index contributed by atoms with van der Waals surface area (Å²) in [5.74, 6) is -2.14. The molecule has 0 aliphatic heterocycles. The van der Waals surface area contributed by atoms with E-state index in [1.807, 2.05) is 61.0 Å². The molecule has 4 rings (SSSR count). The average molecular weight is 365 g/mol. The fourth-order valence-electron chi connectivity index (χ4n) is 4.56. The standard InChI is InChI=1S/C21H23N3O3/c1-12-17(13(2)24(23-12)16-6-4-3-5-7-16)11-22-20(25)18-14-8-9-15(10-14)19(18)21(26)27/h3-9,14-15,18-19H,10-11H2,1-2H3,(H,22,25)(H,26,27)/t14-,15-,18+,19-/m0/s1. The third-order valence-electron chi connectivity index (χ3n) is 5.93. The van der Waals surface area contributed by atoms with Crippen LogP contribution >= 0.6 is 0 Å². The molecule has 0 radical (unpaired) electrons. The Bertz CT molecular complexity index is 916. The lowest BCUT2D eigenvalue weighted by Gasteiger charge is -2.23. The largest absolute Gasteiger partial charge is 0.481 e. The number of hydrogen-bond donors (Lipinski definition) is 2. The molecule has 1 saturated carbocycles. The van der Waals surface area contributed by atoms with Crippen LogP contribution in [0.15, 0.2) is 42.5 Å². The van der Waals surface area contributed by atoms with E-state index in [1.165, 1.54) is 0 Å². The van der Waals surface area contributed by atoms with E-state index in [1.54, 1.807) is 0 Å². The molecule has 2 aliphatic rings. The highest BCUT2D eigenvalue weighted by atomic mass is 16.4. The van der Waals surface area contributed by atoms with Crippen LogP contribution in [0.4, 0.5) is 0 Å². The molecule has 0 unspecified atom stereocenters. The van der Waals surface area contributed by atoms with Crippen molar-refractivity contribution in [3.05, 3.63) is 59.4 Å². The number of aliphatic carboxylic acids is 1. The first-order valence-corrected chi connectivity index (χ1v) is 9.26. The number of amides is 1. The van der Waals surface area contributed by atoms with Crippen molar-refractivity contribution in [3.8, 4) is 5.69 Å². The number of hydrogen-bond acceptors (Lipinski definition) is 3. The molecule has 4 atom stereocenters. The lowest BCUT2D eigenvalue weighted by Crippen LogP contribution is -2.40. The maximum atomic E-state index is 12.8. The molecule has 27 heavy (non-hydrogen) atoms. The summed E-state index contributed by atoms with van der Waals surface area (Å²) in [6.07, 6.45) is 4.71. The lowest BCUT2D eigenvalue weighted by atomic mass is 9.82. The number of nitrogens with one attached hydrogen (secondary N) is 1. The third-order valence-corrected chi connectivity index (χ3v) is 5.93. The van der Waals surface area contributed by atoms with Gasteiger partial charge in [0.25, 0.3) is 0 Å². The molecule has 140 valence electrons. The first kappa shape index (κ1) is 17.5. The van der Waals surface area contributed by atoms with E-state index in [0.29, 0.717) is 6.54 Å². The molecule has 1 fully saturated rings. The summed E-state index contributed by atoms with van der Waals surface area (Å²) in [6, 6.07) is 9.85. The SMILES string of the molecule is Cc1nn(-c2ccccc2)c(C)c1CNC(=O)[C@H]1[C@@H](C(=O)O)[C@H]2C=C[C@H]1C2. The molecule has 2 N–H and O–H groups in total. The molecule has 2 aliphatic carbocycles. The average Bonchev–Trinajstić information content (AvgIpc) is 3.34. The second-order valence-electron chi connectivity index (χ2n) is 7.45. The van der Waals surface area contributed by atoms with Crippen LogP contribution in [0.2, 0.25) is 0 Å². The van der Waals surface area contributed by atoms with Crippen LogP contribution in [0.1, 0.15) is 23.4 Å². The Labute approximate surface area is 157 Å². The van der Waals surface area contributed by atoms with E-state index in [2.05, 4.69) is 10.4 Å². The van der Waals surface area contributed by atoms with Gasteiger partial charge in [0.15, 0.2) is 0 Å². The second-order valence-corrected chi connectivity index (χ2v) is 7.45. The first-order valence-electron chi connectivity index (χ1n) is 9.26. The van der Waals surface area contributed by atoms with Gasteiger partial charge in [-0.1, -0.05) is 30.4 Å². The van der Waals surface area contributed by atoms with Gasteiger partial charge < -0.3 is 10.4 Å². The Balaban J connectivity index is 1.51. The minimum absolute atomic E-state index is 0.0208. The molecular formula is C21H23N3O3. The minimum atomic E-state index is -0.878. The van der Waals surface area contributed by atoms with Gasteiger partial charge >= 0.3 is 5.97 Å². The molecule has 2 bridgehead atoms. The fourth-order valence-corrected chi connectivity index (χ4v) is 4.56. The Kier molecular flexibility index (Phi) is 4.34. The van der Waals surface area contributed by atoms with Crippen LogP contribution in [0, 0.1) is 37.5 Å². The Hall–Kier alpha value is -2.89. The number of carboxylic acid groups (broad SMARTS) is 1. The molecule has 0 saturated heterocycles. The van der Waals surface area contributed by atoms with E-state index in [0.717, 1.165) is 29.1 Å². The first-order chi connectivity index (χ1) is 13.0. The number of carbonyl (C=O) groups excluding carboxylic acids is 1. The van der Waals surface area contributed by atoms with Crippen LogP contribution in [0.25, 0.3) is 5.69 Å². The van der Waals surface area contributed by atoms with E-state index < -0.39 is 17.8 Å². The number of nitrogens with zero attached hydrogens (tertiary/aromatic N) is 2. The maximum Gasteiger partial charge on any atom is 0.307 e. The number of fused-ring (bicyclic) bond motifs is 2. The smallest absolute Gasteiger partial charge is 0.307 e. The molecular weight excluding hydrogens is 342 g/mol. The molecule has 0 spiro atoms. The number of aryl methyl sites for hydroxylation is 1. The number of carbonyl (C=O) groups is 2. The summed E-state index contributed by atoms with van der Waals surface area (Å²) in [5, 5.41) is 17.1.